The van der Waals surface area contributed by atoms with E-state index in [1.54, 1.807) is 36.6 Å². The maximum absolute atomic E-state index is 13.7. The third-order valence-corrected chi connectivity index (χ3v) is 6.80. The minimum atomic E-state index is -0.672. The van der Waals surface area contributed by atoms with Crippen LogP contribution in [0.4, 0.5) is 0 Å². The van der Waals surface area contributed by atoms with Crippen LogP contribution < -0.4 is 19.6 Å². The van der Waals surface area contributed by atoms with E-state index < -0.39 is 12.0 Å². The second-order valence-corrected chi connectivity index (χ2v) is 9.67. The van der Waals surface area contributed by atoms with Gasteiger partial charge in [0.15, 0.2) is 4.80 Å². The van der Waals surface area contributed by atoms with Crippen LogP contribution in [0.2, 0.25) is 5.02 Å². The van der Waals surface area contributed by atoms with Crippen molar-refractivity contribution in [1.82, 2.24) is 4.57 Å². The number of allylic oxidation sites excluding steroid dienone is 1. The summed E-state index contributed by atoms with van der Waals surface area (Å²) in [4.78, 5) is 31.7. The Morgan fingerprint density at radius 1 is 1.24 bits per heavy atom. The standard InChI is InChI=1S/C25H22BrClN2O4S/c1-3-32-24(31)21-15(2)28-25-29(22(21)16-8-10-18(27)11-9-16)23(30)20(34-25)14-17-6-4-5-7-19(17)33-13-12-26/h4-11,14,22H,3,12-13H2,1-2H3/b20-14-/t22-/m1/s1. The van der Waals surface area contributed by atoms with Gasteiger partial charge >= 0.3 is 5.97 Å². The molecule has 0 unspecified atom stereocenters. The minimum absolute atomic E-state index is 0.221. The van der Waals surface area contributed by atoms with Crippen LogP contribution in [0, 0.1) is 0 Å². The molecule has 9 heteroatoms. The van der Waals surface area contributed by atoms with Crippen molar-refractivity contribution >= 4 is 50.9 Å². The maximum atomic E-state index is 13.7. The lowest BCUT2D eigenvalue weighted by molar-refractivity contribution is -0.139. The van der Waals surface area contributed by atoms with Gasteiger partial charge in [-0.3, -0.25) is 9.36 Å². The molecule has 0 aliphatic carbocycles. The molecule has 2 heterocycles. The zero-order valence-corrected chi connectivity index (χ0v) is 21.7. The van der Waals surface area contributed by atoms with Gasteiger partial charge < -0.3 is 9.47 Å². The fourth-order valence-corrected chi connectivity index (χ4v) is 5.10. The molecule has 0 radical (unpaired) electrons. The van der Waals surface area contributed by atoms with Crippen LogP contribution in [-0.2, 0) is 9.53 Å². The van der Waals surface area contributed by atoms with Crippen molar-refractivity contribution in [1.29, 1.82) is 0 Å². The zero-order chi connectivity index (χ0) is 24.2. The van der Waals surface area contributed by atoms with E-state index in [0.29, 0.717) is 43.3 Å². The summed E-state index contributed by atoms with van der Waals surface area (Å²) in [5.74, 6) is 0.192. The number of benzene rings is 2. The number of para-hydroxylation sites is 1. The van der Waals surface area contributed by atoms with Gasteiger partial charge in [0, 0.05) is 15.9 Å². The van der Waals surface area contributed by atoms with Gasteiger partial charge in [0.25, 0.3) is 5.56 Å². The van der Waals surface area contributed by atoms with Crippen LogP contribution in [0.3, 0.4) is 0 Å². The van der Waals surface area contributed by atoms with E-state index in [1.807, 2.05) is 36.4 Å². The van der Waals surface area contributed by atoms with E-state index in [1.165, 1.54) is 11.3 Å². The Morgan fingerprint density at radius 2 is 1.97 bits per heavy atom. The number of hydrogen-bond acceptors (Lipinski definition) is 6. The third kappa shape index (κ3) is 4.89. The Morgan fingerprint density at radius 3 is 2.68 bits per heavy atom. The predicted molar refractivity (Wildman–Crippen MR) is 138 cm³/mol. The first-order valence-corrected chi connectivity index (χ1v) is 13.0. The number of alkyl halides is 1. The molecule has 1 atom stereocenters. The summed E-state index contributed by atoms with van der Waals surface area (Å²) < 4.78 is 13.2. The lowest BCUT2D eigenvalue weighted by Gasteiger charge is -2.24. The summed E-state index contributed by atoms with van der Waals surface area (Å²) in [6.07, 6.45) is 1.80. The van der Waals surface area contributed by atoms with Crippen LogP contribution in [0.1, 0.15) is 31.0 Å². The Labute approximate surface area is 213 Å². The molecule has 0 N–H and O–H groups in total. The monoisotopic (exact) mass is 560 g/mol. The lowest BCUT2D eigenvalue weighted by atomic mass is 9.96. The molecule has 34 heavy (non-hydrogen) atoms. The molecule has 0 saturated heterocycles. The summed E-state index contributed by atoms with van der Waals surface area (Å²) in [7, 11) is 0. The highest BCUT2D eigenvalue weighted by molar-refractivity contribution is 9.09. The number of thiazole rings is 1. The van der Waals surface area contributed by atoms with Gasteiger partial charge in [-0.2, -0.15) is 0 Å². The number of fused-ring (bicyclic) bond motifs is 1. The van der Waals surface area contributed by atoms with E-state index in [4.69, 9.17) is 21.1 Å². The van der Waals surface area contributed by atoms with Gasteiger partial charge in [0.2, 0.25) is 0 Å². The Bertz CT molecular complexity index is 1430. The molecule has 4 rings (SSSR count). The molecule has 1 aromatic heterocycles. The van der Waals surface area contributed by atoms with Crippen LogP contribution in [-0.4, -0.2) is 29.1 Å². The fraction of sp³-hybridized carbons (Fsp3) is 0.240. The van der Waals surface area contributed by atoms with Gasteiger partial charge in [0.1, 0.15) is 5.75 Å². The van der Waals surface area contributed by atoms with Crippen molar-refractivity contribution in [2.75, 3.05) is 18.5 Å². The van der Waals surface area contributed by atoms with Crippen LogP contribution in [0.25, 0.3) is 6.08 Å². The van der Waals surface area contributed by atoms with Crippen molar-refractivity contribution < 1.29 is 14.3 Å². The first kappa shape index (κ1) is 24.4. The van der Waals surface area contributed by atoms with Crippen molar-refractivity contribution in [2.45, 2.75) is 19.9 Å². The van der Waals surface area contributed by atoms with E-state index in [-0.39, 0.29) is 12.2 Å². The average molecular weight is 562 g/mol. The Balaban J connectivity index is 1.92. The zero-order valence-electron chi connectivity index (χ0n) is 18.6. The normalized spacial score (nSPS) is 15.6. The summed E-state index contributed by atoms with van der Waals surface area (Å²) in [5, 5.41) is 1.26. The number of ether oxygens (including phenoxy) is 2. The largest absolute Gasteiger partial charge is 0.492 e. The Hall–Kier alpha value is -2.68. The highest BCUT2D eigenvalue weighted by atomic mass is 79.9. The molecule has 0 spiro atoms. The van der Waals surface area contributed by atoms with E-state index in [0.717, 1.165) is 11.1 Å². The highest BCUT2D eigenvalue weighted by Crippen LogP contribution is 2.31. The minimum Gasteiger partial charge on any atom is -0.492 e. The summed E-state index contributed by atoms with van der Waals surface area (Å²) >= 11 is 10.7. The second-order valence-electron chi connectivity index (χ2n) is 7.43. The Kier molecular flexibility index (Phi) is 7.70. The number of aromatic nitrogens is 1. The first-order valence-electron chi connectivity index (χ1n) is 10.7. The van der Waals surface area contributed by atoms with Crippen molar-refractivity contribution in [3.63, 3.8) is 0 Å². The molecular formula is C25H22BrClN2O4S. The lowest BCUT2D eigenvalue weighted by Crippen LogP contribution is -2.39. The number of rotatable bonds is 7. The SMILES string of the molecule is CCOC(=O)C1=C(C)N=c2s/c(=C\c3ccccc3OCCBr)c(=O)n2[C@@H]1c1ccc(Cl)cc1. The summed E-state index contributed by atoms with van der Waals surface area (Å²) in [5.41, 5.74) is 2.15. The van der Waals surface area contributed by atoms with Gasteiger partial charge in [-0.05, 0) is 43.7 Å². The molecule has 1 aliphatic rings. The highest BCUT2D eigenvalue weighted by Gasteiger charge is 2.33. The molecule has 1 aliphatic heterocycles. The van der Waals surface area contributed by atoms with Crippen molar-refractivity contribution in [3.05, 3.63) is 95.6 Å². The number of nitrogens with zero attached hydrogens (tertiary/aromatic N) is 2. The quantitative estimate of drug-likeness (QED) is 0.320. The van der Waals surface area contributed by atoms with Gasteiger partial charge in [0.05, 0.1) is 35.1 Å². The average Bonchev–Trinajstić information content (AvgIpc) is 3.12. The van der Waals surface area contributed by atoms with E-state index in [9.17, 15) is 9.59 Å². The molecule has 176 valence electrons. The van der Waals surface area contributed by atoms with Crippen LogP contribution >= 0.6 is 38.9 Å². The smallest absolute Gasteiger partial charge is 0.338 e. The van der Waals surface area contributed by atoms with E-state index >= 15 is 0 Å². The summed E-state index contributed by atoms with van der Waals surface area (Å²) in [6, 6.07) is 14.0. The van der Waals surface area contributed by atoms with Crippen molar-refractivity contribution in [2.24, 2.45) is 4.99 Å². The maximum Gasteiger partial charge on any atom is 0.338 e. The van der Waals surface area contributed by atoms with Gasteiger partial charge in [-0.1, -0.05) is 69.2 Å². The first-order chi connectivity index (χ1) is 16.4. The predicted octanol–water partition coefficient (Wildman–Crippen LogP) is 4.23. The van der Waals surface area contributed by atoms with Crippen LogP contribution in [0.5, 0.6) is 5.75 Å². The number of carbonyl (C=O) groups is 1. The molecule has 0 fully saturated rings. The van der Waals surface area contributed by atoms with Gasteiger partial charge in [-0.15, -0.1) is 0 Å². The second kappa shape index (κ2) is 10.7. The summed E-state index contributed by atoms with van der Waals surface area (Å²) in [6.45, 7) is 4.23. The number of hydrogen-bond donors (Lipinski definition) is 0. The number of carbonyl (C=O) groups excluding carboxylic acids is 1. The molecule has 2 aromatic carbocycles. The molecule has 6 nitrogen and oxygen atoms in total. The molecule has 0 bridgehead atoms. The molecule has 3 aromatic rings. The van der Waals surface area contributed by atoms with E-state index in [2.05, 4.69) is 20.9 Å². The molecule has 0 saturated carbocycles. The van der Waals surface area contributed by atoms with Gasteiger partial charge in [-0.25, -0.2) is 9.79 Å². The van der Waals surface area contributed by atoms with Crippen molar-refractivity contribution in [3.8, 4) is 5.75 Å². The molecular weight excluding hydrogens is 540 g/mol. The number of halogens is 2. The third-order valence-electron chi connectivity index (χ3n) is 5.24. The fourth-order valence-electron chi connectivity index (χ4n) is 3.77. The number of esters is 1. The topological polar surface area (TPSA) is 69.9 Å². The molecule has 0 amide bonds. The van der Waals surface area contributed by atoms with Crippen LogP contribution in [0.15, 0.2) is 69.6 Å².